The summed E-state index contributed by atoms with van der Waals surface area (Å²) in [5.41, 5.74) is 2.09. The molecule has 25 heteroatoms. The van der Waals surface area contributed by atoms with Crippen LogP contribution in [0.4, 0.5) is 31.1 Å². The number of aromatic nitrogens is 3. The summed E-state index contributed by atoms with van der Waals surface area (Å²) in [6, 6.07) is 28.8. The Balaban J connectivity index is 0.000000198. The number of methoxy groups -OCH3 is 3. The molecule has 1 saturated carbocycles. The number of amides is 4. The Morgan fingerprint density at radius 1 is 0.592 bits per heavy atom. The number of fused-ring (bicyclic) bond motifs is 8. The predicted molar refractivity (Wildman–Crippen MR) is 384 cm³/mol. The van der Waals surface area contributed by atoms with Gasteiger partial charge in [-0.05, 0) is 181 Å². The SMILES string of the molecule is CCOC(=O)N1CCn2c(C(F)(F)F)ccc2C12CCN(C(=O)c1ccc(OC(C)C)c(OC)c1)CC2.COCCN1CCn2c(C(F)(F)F)ccc2C12CCN(C(=O)c1ccc(C(C)(C)O)cc1)CC2.COc1cc(C(=O)N2CCC3(CC2)NC2CCCCC2n2cccc23)ccc1C(C)(C)C.[HH].[HH].[HH]. The summed E-state index contributed by atoms with van der Waals surface area (Å²) in [6.45, 7) is 20.5. The zero-order valence-corrected chi connectivity index (χ0v) is 61.3. The molecule has 3 aromatic carbocycles. The number of carbonyl (C=O) groups excluding carboxylic acids is 4. The number of carbonyl (C=O) groups is 4. The molecule has 7 aliphatic rings. The van der Waals surface area contributed by atoms with Crippen molar-refractivity contribution in [2.45, 2.75) is 191 Å². The van der Waals surface area contributed by atoms with Gasteiger partial charge < -0.3 is 62.5 Å². The maximum absolute atomic E-state index is 13.7. The molecule has 19 nitrogen and oxygen atoms in total. The molecule has 2 atom stereocenters. The first-order chi connectivity index (χ1) is 48.8. The van der Waals surface area contributed by atoms with Crippen LogP contribution in [0.2, 0.25) is 0 Å². The standard InChI is InChI=1S/C27H37N3O2.C26H32F3N3O5.C25H32F3N3O3.3H2/c1-26(2,3)20-12-11-19(18-23(20)32-4)25(31)29-16-13-27(14-17-29)24-10-7-15-30(24)22-9-6-5-8-21(22)28-27;1-5-36-24(34)32-15-14-31-21(8-9-22(31)26(27,28)29)25(32)10-12-30(13-11-25)23(33)18-6-7-19(37-17(2)3)20(16-18)35-4;1-23(2,33)19-6-4-18(5-7-19)22(32)29-12-10-24(11-13-29)20-8-9-21(25(26,27)28)31(20)15-14-30(24)16-17-34-3;;;/h7,10-12,15,18,21-22,28H,5-6,8-9,13-14,16-17H2,1-4H3;6-9,16-17H,5,10-15H2,1-4H3;4-9,33H,10-17H2,1-3H3;3*1H. The third-order valence-electron chi connectivity index (χ3n) is 22.2. The largest absolute Gasteiger partial charge is 0.496 e. The lowest BCUT2D eigenvalue weighted by Gasteiger charge is -2.52. The number of likely N-dealkylation sites (tertiary alicyclic amines) is 3. The number of hydrogen-bond acceptors (Lipinski definition) is 12. The van der Waals surface area contributed by atoms with Gasteiger partial charge in [-0.25, -0.2) is 4.79 Å². The van der Waals surface area contributed by atoms with Crippen molar-refractivity contribution < 1.29 is 78.6 Å². The van der Waals surface area contributed by atoms with Crippen LogP contribution in [0.15, 0.2) is 103 Å². The highest BCUT2D eigenvalue weighted by atomic mass is 19.4. The molecule has 6 aromatic rings. The lowest BCUT2D eigenvalue weighted by atomic mass is 9.77. The molecule has 13 rings (SSSR count). The lowest BCUT2D eigenvalue weighted by Crippen LogP contribution is -2.61. The van der Waals surface area contributed by atoms with Crippen molar-refractivity contribution in [3.63, 3.8) is 0 Å². The van der Waals surface area contributed by atoms with Gasteiger partial charge in [-0.1, -0.05) is 51.8 Å². The number of ether oxygens (including phenoxy) is 5. The summed E-state index contributed by atoms with van der Waals surface area (Å²) in [6.07, 6.45) is 1.49. The molecule has 2 unspecified atom stereocenters. The molecular weight excluding hydrogens is 1340 g/mol. The van der Waals surface area contributed by atoms with E-state index in [0.717, 1.165) is 54.4 Å². The van der Waals surface area contributed by atoms with Gasteiger partial charge in [0, 0.05) is 135 Å². The van der Waals surface area contributed by atoms with E-state index in [9.17, 15) is 50.6 Å². The Bertz CT molecular complexity index is 3990. The number of hydrogen-bond donors (Lipinski definition) is 2. The van der Waals surface area contributed by atoms with E-state index in [1.165, 1.54) is 64.7 Å². The molecule has 0 radical (unpaired) electrons. The maximum atomic E-state index is 13.7. The van der Waals surface area contributed by atoms with Gasteiger partial charge in [0.25, 0.3) is 17.7 Å². The van der Waals surface area contributed by atoms with Crippen LogP contribution in [0.5, 0.6) is 17.2 Å². The van der Waals surface area contributed by atoms with Crippen molar-refractivity contribution >= 4 is 23.8 Å². The van der Waals surface area contributed by atoms with E-state index < -0.39 is 46.5 Å². The van der Waals surface area contributed by atoms with E-state index in [2.05, 4.69) is 60.0 Å². The molecule has 3 spiro atoms. The Morgan fingerprint density at radius 2 is 1.11 bits per heavy atom. The highest BCUT2D eigenvalue weighted by Gasteiger charge is 2.53. The van der Waals surface area contributed by atoms with Crippen molar-refractivity contribution in [3.05, 3.63) is 160 Å². The van der Waals surface area contributed by atoms with E-state index in [0.29, 0.717) is 91.7 Å². The highest BCUT2D eigenvalue weighted by Crippen LogP contribution is 2.49. The maximum Gasteiger partial charge on any atom is 0.431 e. The molecule has 6 aliphatic heterocycles. The average Bonchev–Trinajstić information content (AvgIpc) is 1.47. The molecule has 9 heterocycles. The predicted octanol–water partition coefficient (Wildman–Crippen LogP) is 14.5. The van der Waals surface area contributed by atoms with Crippen LogP contribution in [0.3, 0.4) is 0 Å². The van der Waals surface area contributed by atoms with Crippen molar-refractivity contribution in [1.82, 2.24) is 43.5 Å². The first-order valence-corrected chi connectivity index (χ1v) is 36.2. The summed E-state index contributed by atoms with van der Waals surface area (Å²) in [5.74, 6) is 1.54. The fourth-order valence-electron chi connectivity index (χ4n) is 16.9. The van der Waals surface area contributed by atoms with Gasteiger partial charge in [-0.3, -0.25) is 24.2 Å². The van der Waals surface area contributed by atoms with E-state index in [4.69, 9.17) is 23.7 Å². The van der Waals surface area contributed by atoms with Crippen LogP contribution in [-0.4, -0.2) is 173 Å². The van der Waals surface area contributed by atoms with Gasteiger partial charge in [0.15, 0.2) is 11.5 Å². The second kappa shape index (κ2) is 30.2. The monoisotopic (exact) mass is 1440 g/mol. The number of alkyl halides is 6. The van der Waals surface area contributed by atoms with Gasteiger partial charge in [0.1, 0.15) is 17.1 Å². The summed E-state index contributed by atoms with van der Waals surface area (Å²) in [4.78, 5) is 61.9. The first-order valence-electron chi connectivity index (χ1n) is 36.2. The van der Waals surface area contributed by atoms with E-state index in [1.807, 2.05) is 30.9 Å². The summed E-state index contributed by atoms with van der Waals surface area (Å²) in [7, 11) is 4.80. The van der Waals surface area contributed by atoms with Gasteiger partial charge in [-0.2, -0.15) is 26.3 Å². The Morgan fingerprint density at radius 3 is 1.64 bits per heavy atom. The molecule has 4 amide bonds. The van der Waals surface area contributed by atoms with Gasteiger partial charge >= 0.3 is 18.4 Å². The molecule has 566 valence electrons. The first kappa shape index (κ1) is 76.1. The third-order valence-corrected chi connectivity index (χ3v) is 22.2. The van der Waals surface area contributed by atoms with Crippen LogP contribution >= 0.6 is 0 Å². The fraction of sp³-hybridized carbons (Fsp3) is 0.564. The molecule has 3 saturated heterocycles. The molecule has 3 aromatic heterocycles. The number of benzene rings is 3. The zero-order valence-electron chi connectivity index (χ0n) is 61.3. The Kier molecular flexibility index (Phi) is 22.3. The molecular formula is C78H107F6N9O10. The van der Waals surface area contributed by atoms with Crippen LogP contribution in [0.1, 0.15) is 201 Å². The Labute approximate surface area is 604 Å². The van der Waals surface area contributed by atoms with Gasteiger partial charge in [0.05, 0.1) is 55.8 Å². The number of rotatable bonds is 12. The fourth-order valence-corrected chi connectivity index (χ4v) is 16.9. The van der Waals surface area contributed by atoms with Crippen molar-refractivity contribution in [1.29, 1.82) is 0 Å². The van der Waals surface area contributed by atoms with E-state index in [-0.39, 0.29) is 91.2 Å². The van der Waals surface area contributed by atoms with Gasteiger partial charge in [-0.15, -0.1) is 0 Å². The number of aliphatic hydroxyl groups is 1. The molecule has 4 fully saturated rings. The summed E-state index contributed by atoms with van der Waals surface area (Å²) in [5, 5.41) is 14.2. The smallest absolute Gasteiger partial charge is 0.431 e. The lowest BCUT2D eigenvalue weighted by molar-refractivity contribution is -0.145. The Hall–Kier alpha value is -8.00. The normalized spacial score (nSPS) is 20.0. The third kappa shape index (κ3) is 15.4. The molecule has 1 aliphatic carbocycles. The molecule has 0 bridgehead atoms. The van der Waals surface area contributed by atoms with E-state index >= 15 is 0 Å². The quantitative estimate of drug-likeness (QED) is 0.111. The van der Waals surface area contributed by atoms with Gasteiger partial charge in [0.2, 0.25) is 0 Å². The highest BCUT2D eigenvalue weighted by molar-refractivity contribution is 5.96. The number of halogens is 6. The summed E-state index contributed by atoms with van der Waals surface area (Å²) >= 11 is 0. The van der Waals surface area contributed by atoms with E-state index in [1.54, 1.807) is 93.3 Å². The molecule has 103 heavy (non-hydrogen) atoms. The van der Waals surface area contributed by atoms with Crippen LogP contribution in [-0.2, 0) is 62.5 Å². The minimum atomic E-state index is -4.51. The van der Waals surface area contributed by atoms with Crippen LogP contribution in [0.25, 0.3) is 0 Å². The number of nitrogens with one attached hydrogen (secondary N) is 1. The second-order valence-corrected chi connectivity index (χ2v) is 30.1. The van der Waals surface area contributed by atoms with Crippen molar-refractivity contribution in [2.24, 2.45) is 0 Å². The topological polar surface area (TPSA) is 178 Å². The second-order valence-electron chi connectivity index (χ2n) is 30.1. The summed E-state index contributed by atoms with van der Waals surface area (Å²) < 4.78 is 114. The number of nitrogens with zero attached hydrogens (tertiary/aromatic N) is 8. The minimum Gasteiger partial charge on any atom is -0.496 e. The average molecular weight is 1440 g/mol. The van der Waals surface area contributed by atoms with Crippen LogP contribution < -0.4 is 19.5 Å². The zero-order chi connectivity index (χ0) is 74.2. The number of piperidine rings is 3. The van der Waals surface area contributed by atoms with Crippen LogP contribution in [0, 0.1) is 0 Å². The molecule has 2 N–H and O–H groups in total. The van der Waals surface area contributed by atoms with Crippen molar-refractivity contribution in [3.8, 4) is 17.2 Å². The van der Waals surface area contributed by atoms with Crippen molar-refractivity contribution in [2.75, 3.05) is 93.4 Å². The minimum absolute atomic E-state index is 0.